The van der Waals surface area contributed by atoms with Gasteiger partial charge in [-0.2, -0.15) is 5.10 Å². The summed E-state index contributed by atoms with van der Waals surface area (Å²) in [4.78, 5) is 26.7. The average molecular weight is 428 g/mol. The van der Waals surface area contributed by atoms with Gasteiger partial charge in [-0.15, -0.1) is 0 Å². The number of likely N-dealkylation sites (tertiary alicyclic amines) is 1. The Kier molecular flexibility index (Phi) is 6.53. The molecule has 2 N–H and O–H groups in total. The number of anilines is 1. The van der Waals surface area contributed by atoms with Crippen LogP contribution in [-0.2, 0) is 20.9 Å². The molecule has 31 heavy (non-hydrogen) atoms. The Labute approximate surface area is 180 Å². The molecule has 0 unspecified atom stereocenters. The summed E-state index contributed by atoms with van der Waals surface area (Å²) in [6.45, 7) is 3.52. The second kappa shape index (κ2) is 9.49. The minimum absolute atomic E-state index is 0.0327. The van der Waals surface area contributed by atoms with Crippen molar-refractivity contribution in [2.24, 2.45) is 0 Å². The van der Waals surface area contributed by atoms with Crippen LogP contribution >= 0.6 is 0 Å². The van der Waals surface area contributed by atoms with Gasteiger partial charge < -0.3 is 24.8 Å². The lowest BCUT2D eigenvalue weighted by Gasteiger charge is -2.33. The van der Waals surface area contributed by atoms with Crippen molar-refractivity contribution < 1.29 is 24.2 Å². The number of rotatable bonds is 6. The van der Waals surface area contributed by atoms with Gasteiger partial charge in [-0.25, -0.2) is 0 Å². The maximum atomic E-state index is 12.8. The summed E-state index contributed by atoms with van der Waals surface area (Å²) < 4.78 is 12.8. The fourth-order valence-corrected chi connectivity index (χ4v) is 3.84. The van der Waals surface area contributed by atoms with Gasteiger partial charge in [-0.05, 0) is 31.9 Å². The molecule has 2 amide bonds. The molecule has 4 rings (SSSR count). The summed E-state index contributed by atoms with van der Waals surface area (Å²) >= 11 is 0. The average Bonchev–Trinajstić information content (AvgIpc) is 3.39. The number of nitrogens with one attached hydrogen (secondary N) is 1. The molecule has 0 saturated carbocycles. The van der Waals surface area contributed by atoms with Crippen LogP contribution in [0, 0.1) is 6.92 Å². The second-order valence-corrected chi connectivity index (χ2v) is 8.16. The number of aromatic nitrogens is 2. The summed E-state index contributed by atoms with van der Waals surface area (Å²) in [6.07, 6.45) is 3.87. The Balaban J connectivity index is 1.28. The molecule has 2 aliphatic heterocycles. The number of amides is 2. The van der Waals surface area contributed by atoms with Gasteiger partial charge in [0.15, 0.2) is 0 Å². The zero-order valence-corrected chi connectivity index (χ0v) is 17.6. The second-order valence-electron chi connectivity index (χ2n) is 8.16. The van der Waals surface area contributed by atoms with E-state index in [9.17, 15) is 14.7 Å². The molecule has 9 heteroatoms. The first-order valence-electron chi connectivity index (χ1n) is 10.6. The molecule has 1 aromatic carbocycles. The van der Waals surface area contributed by atoms with Crippen molar-refractivity contribution in [3.05, 3.63) is 42.2 Å². The molecule has 0 aliphatic carbocycles. The van der Waals surface area contributed by atoms with Crippen molar-refractivity contribution in [3.63, 3.8) is 0 Å². The van der Waals surface area contributed by atoms with Crippen molar-refractivity contribution >= 4 is 17.5 Å². The van der Waals surface area contributed by atoms with Crippen molar-refractivity contribution in [1.29, 1.82) is 0 Å². The number of nitrogens with zero attached hydrogens (tertiary/aromatic N) is 3. The quantitative estimate of drug-likeness (QED) is 0.720. The Hall–Kier alpha value is -2.91. The third-order valence-corrected chi connectivity index (χ3v) is 5.52. The summed E-state index contributed by atoms with van der Waals surface area (Å²) in [6, 6.07) is 7.92. The van der Waals surface area contributed by atoms with Crippen LogP contribution in [0.3, 0.4) is 0 Å². The fraction of sp³-hybridized carbons (Fsp3) is 0.500. The standard InChI is InChI=1S/C22H28N4O5/c1-15-4-6-18(7-5-15)31-19-3-2-8-25(12-19)21(28)13-26-11-16(10-23-26)24-22(29)20-9-17(27)14-30-20/h4-7,10-11,17,19-20,27H,2-3,8-9,12-14H2,1H3,(H,24,29)/t17-,19-,20+/m0/s1. The topological polar surface area (TPSA) is 106 Å². The zero-order chi connectivity index (χ0) is 21.8. The third-order valence-electron chi connectivity index (χ3n) is 5.52. The van der Waals surface area contributed by atoms with Gasteiger partial charge >= 0.3 is 0 Å². The fourth-order valence-electron chi connectivity index (χ4n) is 3.84. The lowest BCUT2D eigenvalue weighted by molar-refractivity contribution is -0.134. The molecule has 2 aromatic rings. The summed E-state index contributed by atoms with van der Waals surface area (Å²) in [7, 11) is 0. The molecule has 2 fully saturated rings. The predicted molar refractivity (Wildman–Crippen MR) is 113 cm³/mol. The van der Waals surface area contributed by atoms with Gasteiger partial charge in [0.25, 0.3) is 5.91 Å². The molecule has 9 nitrogen and oxygen atoms in total. The molecular formula is C22H28N4O5. The molecule has 0 radical (unpaired) electrons. The molecule has 2 aliphatic rings. The number of ether oxygens (including phenoxy) is 2. The molecular weight excluding hydrogens is 400 g/mol. The van der Waals surface area contributed by atoms with E-state index in [1.807, 2.05) is 31.2 Å². The first-order chi connectivity index (χ1) is 15.0. The highest BCUT2D eigenvalue weighted by molar-refractivity contribution is 5.94. The number of aryl methyl sites for hydroxylation is 1. The molecule has 1 aromatic heterocycles. The Morgan fingerprint density at radius 2 is 2.13 bits per heavy atom. The van der Waals surface area contributed by atoms with Crippen LogP contribution in [0.25, 0.3) is 0 Å². The van der Waals surface area contributed by atoms with E-state index >= 15 is 0 Å². The number of carbonyl (C=O) groups is 2. The molecule has 166 valence electrons. The number of aliphatic hydroxyl groups is 1. The first-order valence-corrected chi connectivity index (χ1v) is 10.6. The van der Waals surface area contributed by atoms with Gasteiger partial charge in [-0.3, -0.25) is 14.3 Å². The van der Waals surface area contributed by atoms with Gasteiger partial charge in [0, 0.05) is 19.2 Å². The van der Waals surface area contributed by atoms with E-state index in [1.165, 1.54) is 16.4 Å². The Bertz CT molecular complexity index is 913. The minimum atomic E-state index is -0.668. The highest BCUT2D eigenvalue weighted by atomic mass is 16.5. The van der Waals surface area contributed by atoms with Crippen LogP contribution < -0.4 is 10.1 Å². The first kappa shape index (κ1) is 21.3. The van der Waals surface area contributed by atoms with Crippen LogP contribution in [0.15, 0.2) is 36.7 Å². The van der Waals surface area contributed by atoms with Crippen molar-refractivity contribution in [1.82, 2.24) is 14.7 Å². The predicted octanol–water partition coefficient (Wildman–Crippen LogP) is 1.35. The molecule has 0 spiro atoms. The minimum Gasteiger partial charge on any atom is -0.489 e. The Morgan fingerprint density at radius 3 is 2.87 bits per heavy atom. The molecule has 2 saturated heterocycles. The van der Waals surface area contributed by atoms with Crippen LogP contribution in [-0.4, -0.2) is 69.6 Å². The van der Waals surface area contributed by atoms with Crippen molar-refractivity contribution in [2.45, 2.75) is 51.0 Å². The summed E-state index contributed by atoms with van der Waals surface area (Å²) in [5.41, 5.74) is 1.66. The van der Waals surface area contributed by atoms with E-state index in [1.54, 1.807) is 11.1 Å². The van der Waals surface area contributed by atoms with Crippen molar-refractivity contribution in [2.75, 3.05) is 25.0 Å². The smallest absolute Gasteiger partial charge is 0.253 e. The SMILES string of the molecule is Cc1ccc(O[C@H]2CCCN(C(=O)Cn3cc(NC(=O)[C@H]4C[C@H](O)CO4)cn3)C2)cc1. The molecule has 3 heterocycles. The van der Waals surface area contributed by atoms with Gasteiger partial charge in [0.05, 0.1) is 31.1 Å². The normalized spacial score (nSPS) is 23.5. The summed E-state index contributed by atoms with van der Waals surface area (Å²) in [5, 5.41) is 16.4. The largest absolute Gasteiger partial charge is 0.489 e. The number of hydrogen-bond acceptors (Lipinski definition) is 6. The third kappa shape index (κ3) is 5.62. The van der Waals surface area contributed by atoms with Crippen LogP contribution in [0.5, 0.6) is 5.75 Å². The van der Waals surface area contributed by atoms with Gasteiger partial charge in [-0.1, -0.05) is 17.7 Å². The molecule has 3 atom stereocenters. The maximum absolute atomic E-state index is 12.8. The number of aliphatic hydroxyl groups excluding tert-OH is 1. The van der Waals surface area contributed by atoms with Gasteiger partial charge in [0.1, 0.15) is 24.5 Å². The zero-order valence-electron chi connectivity index (χ0n) is 17.6. The maximum Gasteiger partial charge on any atom is 0.253 e. The summed E-state index contributed by atoms with van der Waals surface area (Å²) in [5.74, 6) is 0.450. The molecule has 0 bridgehead atoms. The Morgan fingerprint density at radius 1 is 1.32 bits per heavy atom. The highest BCUT2D eigenvalue weighted by Crippen LogP contribution is 2.20. The van der Waals surface area contributed by atoms with Crippen LogP contribution in [0.2, 0.25) is 0 Å². The number of benzene rings is 1. The number of hydrogen-bond donors (Lipinski definition) is 2. The van der Waals surface area contributed by atoms with Crippen LogP contribution in [0.4, 0.5) is 5.69 Å². The van der Waals surface area contributed by atoms with Gasteiger partial charge in [0.2, 0.25) is 5.91 Å². The van der Waals surface area contributed by atoms with E-state index in [0.717, 1.165) is 18.6 Å². The number of carbonyl (C=O) groups excluding carboxylic acids is 2. The lowest BCUT2D eigenvalue weighted by atomic mass is 10.1. The van der Waals surface area contributed by atoms with E-state index in [2.05, 4.69) is 10.4 Å². The van der Waals surface area contributed by atoms with E-state index in [4.69, 9.17) is 9.47 Å². The highest BCUT2D eigenvalue weighted by Gasteiger charge is 2.30. The monoisotopic (exact) mass is 428 g/mol. The van der Waals surface area contributed by atoms with E-state index in [0.29, 0.717) is 18.8 Å². The van der Waals surface area contributed by atoms with E-state index in [-0.39, 0.29) is 37.5 Å². The van der Waals surface area contributed by atoms with Crippen molar-refractivity contribution in [3.8, 4) is 5.75 Å². The van der Waals surface area contributed by atoms with E-state index < -0.39 is 12.2 Å². The number of piperidine rings is 1. The lowest BCUT2D eigenvalue weighted by Crippen LogP contribution is -2.45. The van der Waals surface area contributed by atoms with Crippen LogP contribution in [0.1, 0.15) is 24.8 Å².